The number of rotatable bonds is 5. The molecule has 5 nitrogen and oxygen atoms in total. The summed E-state index contributed by atoms with van der Waals surface area (Å²) in [4.78, 5) is 17.5. The molecule has 0 N–H and O–H groups in total. The average Bonchev–Trinajstić information content (AvgIpc) is 3.23. The van der Waals surface area contributed by atoms with Crippen LogP contribution in [-0.2, 0) is 11.8 Å². The van der Waals surface area contributed by atoms with Gasteiger partial charge in [0.2, 0.25) is 5.95 Å². The van der Waals surface area contributed by atoms with Crippen molar-refractivity contribution >= 4 is 57.3 Å². The fraction of sp³-hybridized carbons (Fsp3) is 0. The van der Waals surface area contributed by atoms with E-state index in [0.29, 0.717) is 17.6 Å². The van der Waals surface area contributed by atoms with Gasteiger partial charge in [0.25, 0.3) is 0 Å². The Morgan fingerprint density at radius 3 is 1.48 bits per heavy atom. The molecule has 8 rings (SSSR count). The van der Waals surface area contributed by atoms with Crippen molar-refractivity contribution in [1.29, 1.82) is 0 Å². The van der Waals surface area contributed by atoms with E-state index in [4.69, 9.17) is 26.8 Å². The molecule has 0 saturated carbocycles. The minimum Gasteiger partial charge on any atom is -0.303 e. The van der Waals surface area contributed by atoms with Gasteiger partial charge >= 0.3 is 0 Å². The number of para-hydroxylation sites is 4. The zero-order valence-electron chi connectivity index (χ0n) is 24.8. The van der Waals surface area contributed by atoms with Crippen molar-refractivity contribution < 1.29 is 0 Å². The molecule has 0 fully saturated rings. The standard InChI is InChI=1S/C39H28N5PS/c46-45(32-23-11-4-12-24-32)36-28-16-15-27-35(36)43(33-25-13-14-26-34(33)44(45)31-21-9-3-10-22-31)39-41-37(29-17-5-1-6-18-29)40-38(42-39)30-19-7-2-8-20-30/h1-28H. The second-order valence-corrected chi connectivity index (χ2v) is 15.0. The Labute approximate surface area is 273 Å². The topological polar surface area (TPSA) is 45.2 Å². The van der Waals surface area contributed by atoms with Gasteiger partial charge in [-0.1, -0.05) is 145 Å². The molecule has 7 heteroatoms. The van der Waals surface area contributed by atoms with Crippen LogP contribution in [0.1, 0.15) is 0 Å². The molecule has 2 heterocycles. The van der Waals surface area contributed by atoms with Gasteiger partial charge in [-0.3, -0.25) is 4.90 Å². The number of hydrogen-bond acceptors (Lipinski definition) is 5. The lowest BCUT2D eigenvalue weighted by Gasteiger charge is -2.37. The molecule has 0 radical (unpaired) electrons. The first-order chi connectivity index (χ1) is 22.7. The van der Waals surface area contributed by atoms with Crippen molar-refractivity contribution in [1.82, 2.24) is 15.0 Å². The summed E-state index contributed by atoms with van der Waals surface area (Å²) in [6.45, 7) is 0. The highest BCUT2D eigenvalue weighted by Crippen LogP contribution is 2.61. The van der Waals surface area contributed by atoms with E-state index in [1.54, 1.807) is 0 Å². The number of benzene rings is 6. The summed E-state index contributed by atoms with van der Waals surface area (Å²) in [6, 6.07) is 58.0. The molecule has 7 aromatic rings. The molecule has 0 amide bonds. The van der Waals surface area contributed by atoms with Gasteiger partial charge < -0.3 is 4.67 Å². The van der Waals surface area contributed by atoms with Gasteiger partial charge in [0.15, 0.2) is 11.6 Å². The van der Waals surface area contributed by atoms with E-state index in [9.17, 15) is 0 Å². The summed E-state index contributed by atoms with van der Waals surface area (Å²) in [5.74, 6) is 1.73. The Hall–Kier alpha value is -5.42. The van der Waals surface area contributed by atoms with Crippen LogP contribution in [0.3, 0.4) is 0 Å². The fourth-order valence-corrected chi connectivity index (χ4v) is 10.4. The third-order valence-corrected chi connectivity index (χ3v) is 12.8. The lowest BCUT2D eigenvalue weighted by molar-refractivity contribution is 1.02. The smallest absolute Gasteiger partial charge is 0.238 e. The van der Waals surface area contributed by atoms with E-state index < -0.39 is 6.19 Å². The van der Waals surface area contributed by atoms with E-state index in [1.807, 2.05) is 72.8 Å². The lowest BCUT2D eigenvalue weighted by Crippen LogP contribution is -2.29. The van der Waals surface area contributed by atoms with E-state index in [-0.39, 0.29) is 0 Å². The first-order valence-corrected chi connectivity index (χ1v) is 17.8. The predicted molar refractivity (Wildman–Crippen MR) is 194 cm³/mol. The molecule has 1 aliphatic heterocycles. The molecule has 1 aliphatic rings. The maximum Gasteiger partial charge on any atom is 0.238 e. The van der Waals surface area contributed by atoms with Crippen LogP contribution in [0.4, 0.5) is 28.7 Å². The summed E-state index contributed by atoms with van der Waals surface area (Å²) in [5.41, 5.74) is 5.74. The molecule has 1 unspecified atom stereocenters. The minimum absolute atomic E-state index is 0.525. The highest BCUT2D eigenvalue weighted by molar-refractivity contribution is 8.22. The van der Waals surface area contributed by atoms with Gasteiger partial charge in [-0.15, -0.1) is 0 Å². The Bertz CT molecular complexity index is 2140. The monoisotopic (exact) mass is 629 g/mol. The number of nitrogens with zero attached hydrogens (tertiary/aromatic N) is 5. The molecule has 0 saturated heterocycles. The van der Waals surface area contributed by atoms with Crippen molar-refractivity contribution in [3.05, 3.63) is 170 Å². The molecule has 0 aliphatic carbocycles. The predicted octanol–water partition coefficient (Wildman–Crippen LogP) is 9.17. The molecular weight excluding hydrogens is 602 g/mol. The lowest BCUT2D eigenvalue weighted by atomic mass is 10.2. The van der Waals surface area contributed by atoms with Crippen LogP contribution in [0.15, 0.2) is 170 Å². The van der Waals surface area contributed by atoms with Gasteiger partial charge in [0.1, 0.15) is 0 Å². The van der Waals surface area contributed by atoms with Crippen LogP contribution in [0.5, 0.6) is 0 Å². The van der Waals surface area contributed by atoms with Gasteiger partial charge in [-0.25, -0.2) is 4.98 Å². The molecule has 0 bridgehead atoms. The second kappa shape index (κ2) is 11.8. The Kier molecular flexibility index (Phi) is 7.22. The summed E-state index contributed by atoms with van der Waals surface area (Å²) in [7, 11) is 0. The largest absolute Gasteiger partial charge is 0.303 e. The van der Waals surface area contributed by atoms with Crippen LogP contribution < -0.4 is 20.2 Å². The van der Waals surface area contributed by atoms with Crippen molar-refractivity contribution in [2.45, 2.75) is 0 Å². The van der Waals surface area contributed by atoms with Crippen molar-refractivity contribution in [3.8, 4) is 22.8 Å². The van der Waals surface area contributed by atoms with E-state index >= 15 is 0 Å². The second-order valence-electron chi connectivity index (χ2n) is 10.9. The van der Waals surface area contributed by atoms with Crippen LogP contribution >= 0.6 is 6.19 Å². The first-order valence-electron chi connectivity index (χ1n) is 15.1. The maximum absolute atomic E-state index is 7.01. The van der Waals surface area contributed by atoms with Gasteiger partial charge in [0.05, 0.1) is 23.3 Å². The average molecular weight is 630 g/mol. The van der Waals surface area contributed by atoms with Crippen molar-refractivity contribution in [3.63, 3.8) is 0 Å². The Morgan fingerprint density at radius 2 is 0.891 bits per heavy atom. The number of hydrogen-bond donors (Lipinski definition) is 0. The van der Waals surface area contributed by atoms with E-state index in [1.165, 1.54) is 0 Å². The van der Waals surface area contributed by atoms with Crippen LogP contribution in [0.2, 0.25) is 0 Å². The summed E-state index contributed by atoms with van der Waals surface area (Å²) in [5, 5.41) is 2.16. The quantitative estimate of drug-likeness (QED) is 0.177. The highest BCUT2D eigenvalue weighted by atomic mass is 32.4. The van der Waals surface area contributed by atoms with Crippen molar-refractivity contribution in [2.24, 2.45) is 0 Å². The van der Waals surface area contributed by atoms with Crippen LogP contribution in [0.25, 0.3) is 22.8 Å². The Morgan fingerprint density at radius 1 is 0.435 bits per heavy atom. The minimum atomic E-state index is -2.71. The number of fused-ring (bicyclic) bond motifs is 2. The van der Waals surface area contributed by atoms with E-state index in [2.05, 4.69) is 107 Å². The van der Waals surface area contributed by atoms with Crippen LogP contribution in [-0.4, -0.2) is 15.0 Å². The third-order valence-electron chi connectivity index (χ3n) is 8.08. The SMILES string of the molecule is S=P1(c2ccccc2)c2ccccc2N(c2nc(-c3ccccc3)nc(-c3ccccc3)n2)c2ccccc2N1c1ccccc1. The third kappa shape index (κ3) is 4.80. The van der Waals surface area contributed by atoms with Crippen LogP contribution in [0, 0.1) is 0 Å². The zero-order valence-corrected chi connectivity index (χ0v) is 26.5. The zero-order chi connectivity index (χ0) is 30.9. The molecule has 0 spiro atoms. The summed E-state index contributed by atoms with van der Waals surface area (Å²) < 4.78 is 2.38. The number of aromatic nitrogens is 3. The molecule has 1 aromatic heterocycles. The Balaban J connectivity index is 1.47. The fourth-order valence-electron chi connectivity index (χ4n) is 6.00. The van der Waals surface area contributed by atoms with Gasteiger partial charge in [-0.2, -0.15) is 9.97 Å². The molecular formula is C39H28N5PS. The van der Waals surface area contributed by atoms with Crippen molar-refractivity contribution in [2.75, 3.05) is 9.57 Å². The molecule has 6 aromatic carbocycles. The number of anilines is 5. The van der Waals surface area contributed by atoms with Gasteiger partial charge in [0, 0.05) is 27.4 Å². The first kappa shape index (κ1) is 28.1. The van der Waals surface area contributed by atoms with Gasteiger partial charge in [-0.05, 0) is 36.4 Å². The summed E-state index contributed by atoms with van der Waals surface area (Å²) >= 11 is 7.01. The highest BCUT2D eigenvalue weighted by Gasteiger charge is 2.40. The normalized spacial score (nSPS) is 15.5. The maximum atomic E-state index is 7.01. The summed E-state index contributed by atoms with van der Waals surface area (Å²) in [6.07, 6.45) is -2.71. The molecule has 220 valence electrons. The molecule has 46 heavy (non-hydrogen) atoms. The molecule has 1 atom stereocenters. The van der Waals surface area contributed by atoms with E-state index in [0.717, 1.165) is 44.5 Å².